The van der Waals surface area contributed by atoms with Crippen molar-refractivity contribution in [2.24, 2.45) is 0 Å². The Labute approximate surface area is 142 Å². The fourth-order valence-corrected chi connectivity index (χ4v) is 2.83. The molecule has 7 heteroatoms. The van der Waals surface area contributed by atoms with Crippen molar-refractivity contribution in [2.75, 3.05) is 0 Å². The van der Waals surface area contributed by atoms with Crippen LogP contribution in [0.2, 0.25) is 0 Å². The SMILES string of the molecule is CCCCc1ccc(/C=C/c2cnc(C(O)(O)C(F)(F)F)s2)cc1. The molecule has 1 aromatic heterocycles. The number of hydrogen-bond acceptors (Lipinski definition) is 4. The summed E-state index contributed by atoms with van der Waals surface area (Å²) < 4.78 is 37.7. The van der Waals surface area contributed by atoms with Gasteiger partial charge in [-0.05, 0) is 30.0 Å². The molecule has 1 aromatic carbocycles. The van der Waals surface area contributed by atoms with Gasteiger partial charge >= 0.3 is 12.0 Å². The van der Waals surface area contributed by atoms with Crippen molar-refractivity contribution in [1.82, 2.24) is 4.98 Å². The Morgan fingerprint density at radius 2 is 1.79 bits per heavy atom. The summed E-state index contributed by atoms with van der Waals surface area (Å²) in [4.78, 5) is 3.86. The summed E-state index contributed by atoms with van der Waals surface area (Å²) in [6, 6.07) is 7.90. The summed E-state index contributed by atoms with van der Waals surface area (Å²) in [6.45, 7) is 2.13. The highest BCUT2D eigenvalue weighted by atomic mass is 32.1. The van der Waals surface area contributed by atoms with Gasteiger partial charge in [0.05, 0.1) is 0 Å². The van der Waals surface area contributed by atoms with E-state index in [4.69, 9.17) is 0 Å². The third-order valence-electron chi connectivity index (χ3n) is 3.46. The molecule has 2 rings (SSSR count). The van der Waals surface area contributed by atoms with Gasteiger partial charge in [-0.3, -0.25) is 0 Å². The van der Waals surface area contributed by atoms with E-state index in [1.807, 2.05) is 24.3 Å². The highest BCUT2D eigenvalue weighted by Gasteiger charge is 2.56. The highest BCUT2D eigenvalue weighted by molar-refractivity contribution is 7.12. The number of aliphatic hydroxyl groups is 2. The van der Waals surface area contributed by atoms with Gasteiger partial charge in [-0.2, -0.15) is 13.2 Å². The van der Waals surface area contributed by atoms with Crippen molar-refractivity contribution in [3.63, 3.8) is 0 Å². The zero-order valence-electron chi connectivity index (χ0n) is 13.0. The Hall–Kier alpha value is -1.70. The summed E-state index contributed by atoms with van der Waals surface area (Å²) in [7, 11) is 0. The predicted octanol–water partition coefficient (Wildman–Crippen LogP) is 4.36. The van der Waals surface area contributed by atoms with E-state index in [1.165, 1.54) is 11.8 Å². The van der Waals surface area contributed by atoms with Crippen LogP contribution in [0.15, 0.2) is 30.5 Å². The molecule has 0 unspecified atom stereocenters. The Bertz CT molecular complexity index is 691. The smallest absolute Gasteiger partial charge is 0.353 e. The van der Waals surface area contributed by atoms with Crippen molar-refractivity contribution in [1.29, 1.82) is 0 Å². The Kier molecular flexibility index (Phi) is 5.79. The molecule has 0 spiro atoms. The number of unbranched alkanes of at least 4 members (excludes halogenated alkanes) is 1. The molecule has 24 heavy (non-hydrogen) atoms. The lowest BCUT2D eigenvalue weighted by atomic mass is 10.1. The maximum Gasteiger partial charge on any atom is 0.450 e. The van der Waals surface area contributed by atoms with Crippen LogP contribution in [-0.2, 0) is 12.2 Å². The van der Waals surface area contributed by atoms with Gasteiger partial charge in [-0.1, -0.05) is 43.7 Å². The molecule has 2 N–H and O–H groups in total. The molecule has 0 saturated heterocycles. The molecule has 130 valence electrons. The number of aryl methyl sites for hydroxylation is 1. The number of rotatable bonds is 6. The van der Waals surface area contributed by atoms with Gasteiger partial charge in [0.2, 0.25) is 0 Å². The Balaban J connectivity index is 2.08. The monoisotopic (exact) mass is 357 g/mol. The third-order valence-corrected chi connectivity index (χ3v) is 4.52. The van der Waals surface area contributed by atoms with Gasteiger partial charge < -0.3 is 10.2 Å². The first-order valence-electron chi connectivity index (χ1n) is 7.49. The third kappa shape index (κ3) is 4.43. The zero-order chi connectivity index (χ0) is 17.8. The van der Waals surface area contributed by atoms with E-state index in [0.29, 0.717) is 16.2 Å². The molecular weight excluding hydrogens is 339 g/mol. The number of nitrogens with zero attached hydrogens (tertiary/aromatic N) is 1. The predicted molar refractivity (Wildman–Crippen MR) is 88.3 cm³/mol. The Morgan fingerprint density at radius 1 is 1.12 bits per heavy atom. The molecule has 0 atom stereocenters. The van der Waals surface area contributed by atoms with Gasteiger partial charge in [0.15, 0.2) is 5.01 Å². The van der Waals surface area contributed by atoms with E-state index in [0.717, 1.165) is 24.8 Å². The van der Waals surface area contributed by atoms with E-state index < -0.39 is 17.0 Å². The fourth-order valence-electron chi connectivity index (χ4n) is 2.00. The summed E-state index contributed by atoms with van der Waals surface area (Å²) in [5, 5.41) is 17.6. The van der Waals surface area contributed by atoms with Gasteiger partial charge in [0.25, 0.3) is 0 Å². The summed E-state index contributed by atoms with van der Waals surface area (Å²) in [6.07, 6.45) is 2.59. The van der Waals surface area contributed by atoms with Crippen LogP contribution in [0.1, 0.15) is 40.8 Å². The number of benzene rings is 1. The van der Waals surface area contributed by atoms with Gasteiger partial charge in [-0.15, -0.1) is 11.3 Å². The maximum absolute atomic E-state index is 12.6. The summed E-state index contributed by atoms with van der Waals surface area (Å²) in [5.41, 5.74) is 2.14. The molecule has 0 fully saturated rings. The Morgan fingerprint density at radius 3 is 2.38 bits per heavy atom. The van der Waals surface area contributed by atoms with Gasteiger partial charge in [0.1, 0.15) is 0 Å². The van der Waals surface area contributed by atoms with Crippen molar-refractivity contribution >= 4 is 23.5 Å². The lowest BCUT2D eigenvalue weighted by molar-refractivity contribution is -0.358. The number of hydrogen-bond donors (Lipinski definition) is 2. The topological polar surface area (TPSA) is 53.4 Å². The average molecular weight is 357 g/mol. The fraction of sp³-hybridized carbons (Fsp3) is 0.353. The van der Waals surface area contributed by atoms with Crippen molar-refractivity contribution < 1.29 is 23.4 Å². The number of alkyl halides is 3. The van der Waals surface area contributed by atoms with Crippen LogP contribution in [0.3, 0.4) is 0 Å². The minimum absolute atomic E-state index is 0.400. The van der Waals surface area contributed by atoms with Crippen LogP contribution < -0.4 is 0 Å². The molecule has 0 bridgehead atoms. The molecule has 1 heterocycles. The van der Waals surface area contributed by atoms with E-state index in [-0.39, 0.29) is 0 Å². The molecule has 0 amide bonds. The maximum atomic E-state index is 12.6. The number of aromatic nitrogens is 1. The van der Waals surface area contributed by atoms with Crippen molar-refractivity contribution in [3.05, 3.63) is 51.5 Å². The highest BCUT2D eigenvalue weighted by Crippen LogP contribution is 2.38. The molecule has 0 aliphatic rings. The van der Waals surface area contributed by atoms with E-state index in [1.54, 1.807) is 12.2 Å². The second kappa shape index (κ2) is 7.46. The van der Waals surface area contributed by atoms with Gasteiger partial charge in [0, 0.05) is 11.1 Å². The van der Waals surface area contributed by atoms with Crippen molar-refractivity contribution in [3.8, 4) is 0 Å². The quantitative estimate of drug-likeness (QED) is 0.756. The molecule has 0 saturated carbocycles. The largest absolute Gasteiger partial charge is 0.450 e. The summed E-state index contributed by atoms with van der Waals surface area (Å²) >= 11 is 0.582. The average Bonchev–Trinajstić information content (AvgIpc) is 3.00. The normalized spacial score (nSPS) is 12.9. The first-order chi connectivity index (χ1) is 11.2. The summed E-state index contributed by atoms with van der Waals surface area (Å²) in [5.74, 6) is -3.93. The van der Waals surface area contributed by atoms with Crippen LogP contribution in [-0.4, -0.2) is 21.4 Å². The van der Waals surface area contributed by atoms with Crippen LogP contribution in [0.25, 0.3) is 12.2 Å². The first kappa shape index (κ1) is 18.6. The molecule has 3 nitrogen and oxygen atoms in total. The van der Waals surface area contributed by atoms with E-state index in [2.05, 4.69) is 11.9 Å². The van der Waals surface area contributed by atoms with Gasteiger partial charge in [-0.25, -0.2) is 4.98 Å². The molecule has 2 aromatic rings. The van der Waals surface area contributed by atoms with Crippen molar-refractivity contribution in [2.45, 2.75) is 38.1 Å². The number of halogens is 3. The standard InChI is InChI=1S/C17H18F3NO2S/c1-2-3-4-12-5-7-13(8-6-12)9-10-14-11-21-15(24-14)16(22,23)17(18,19)20/h5-11,22-23H,2-4H2,1H3/b10-9+. The van der Waals surface area contributed by atoms with Crippen LogP contribution in [0.5, 0.6) is 0 Å². The molecule has 0 aliphatic heterocycles. The minimum atomic E-state index is -5.19. The van der Waals surface area contributed by atoms with Crippen LogP contribution >= 0.6 is 11.3 Å². The lowest BCUT2D eigenvalue weighted by Crippen LogP contribution is -2.41. The van der Waals surface area contributed by atoms with Crippen LogP contribution in [0, 0.1) is 0 Å². The zero-order valence-corrected chi connectivity index (χ0v) is 13.9. The number of thiazole rings is 1. The molecular formula is C17H18F3NO2S. The minimum Gasteiger partial charge on any atom is -0.353 e. The second-order valence-electron chi connectivity index (χ2n) is 5.42. The molecule has 0 aliphatic carbocycles. The first-order valence-corrected chi connectivity index (χ1v) is 8.30. The molecule has 0 radical (unpaired) electrons. The van der Waals surface area contributed by atoms with E-state index >= 15 is 0 Å². The lowest BCUT2D eigenvalue weighted by Gasteiger charge is -2.21. The van der Waals surface area contributed by atoms with E-state index in [9.17, 15) is 23.4 Å². The second-order valence-corrected chi connectivity index (χ2v) is 6.48. The van der Waals surface area contributed by atoms with Crippen LogP contribution in [0.4, 0.5) is 13.2 Å².